The second kappa shape index (κ2) is 8.70. The molecule has 25 heavy (non-hydrogen) atoms. The maximum atomic E-state index is 4.81. The van der Waals surface area contributed by atoms with Crippen molar-refractivity contribution < 1.29 is 0 Å². The SMILES string of the molecule is CCNC(=NCCc1c(C)nn(C)c1C)N(C)Cc1ccc(C)cc1. The third-order valence-corrected chi connectivity index (χ3v) is 4.52. The number of rotatable bonds is 6. The molecule has 0 aliphatic rings. The summed E-state index contributed by atoms with van der Waals surface area (Å²) in [6.07, 6.45) is 0.915. The maximum absolute atomic E-state index is 4.81. The largest absolute Gasteiger partial charge is 0.357 e. The van der Waals surface area contributed by atoms with Gasteiger partial charge in [0, 0.05) is 39.4 Å². The average molecular weight is 342 g/mol. The molecule has 1 heterocycles. The van der Waals surface area contributed by atoms with Gasteiger partial charge in [0.05, 0.1) is 5.69 Å². The lowest BCUT2D eigenvalue weighted by Crippen LogP contribution is -2.38. The standard InChI is InChI=1S/C20H31N5/c1-7-21-20(24(5)14-18-10-8-15(2)9-11-18)22-13-12-19-16(3)23-25(6)17(19)4/h8-11H,7,12-14H2,1-6H3,(H,21,22). The van der Waals surface area contributed by atoms with Crippen molar-refractivity contribution in [3.63, 3.8) is 0 Å². The van der Waals surface area contributed by atoms with Gasteiger partial charge in [-0.25, -0.2) is 0 Å². The van der Waals surface area contributed by atoms with Crippen LogP contribution >= 0.6 is 0 Å². The normalized spacial score (nSPS) is 11.7. The number of aryl methyl sites for hydroxylation is 3. The van der Waals surface area contributed by atoms with E-state index in [9.17, 15) is 0 Å². The first-order valence-corrected chi connectivity index (χ1v) is 8.96. The fourth-order valence-corrected chi connectivity index (χ4v) is 2.96. The van der Waals surface area contributed by atoms with Gasteiger partial charge in [0.25, 0.3) is 0 Å². The first-order valence-electron chi connectivity index (χ1n) is 8.96. The van der Waals surface area contributed by atoms with Gasteiger partial charge in [-0.3, -0.25) is 9.67 Å². The molecule has 2 aromatic rings. The zero-order valence-electron chi connectivity index (χ0n) is 16.4. The van der Waals surface area contributed by atoms with E-state index in [2.05, 4.69) is 74.3 Å². The van der Waals surface area contributed by atoms with E-state index < -0.39 is 0 Å². The lowest BCUT2D eigenvalue weighted by atomic mass is 10.1. The molecule has 0 saturated heterocycles. The number of aliphatic imine (C=N–C) groups is 1. The van der Waals surface area contributed by atoms with E-state index in [0.29, 0.717) is 0 Å². The fourth-order valence-electron chi connectivity index (χ4n) is 2.96. The van der Waals surface area contributed by atoms with Crippen LogP contribution in [0.4, 0.5) is 0 Å². The van der Waals surface area contributed by atoms with E-state index in [0.717, 1.165) is 37.7 Å². The van der Waals surface area contributed by atoms with Crippen LogP contribution in [0.2, 0.25) is 0 Å². The monoisotopic (exact) mass is 341 g/mol. The van der Waals surface area contributed by atoms with Crippen molar-refractivity contribution in [2.75, 3.05) is 20.1 Å². The summed E-state index contributed by atoms with van der Waals surface area (Å²) >= 11 is 0. The minimum Gasteiger partial charge on any atom is -0.357 e. The Bertz CT molecular complexity index is 712. The van der Waals surface area contributed by atoms with Crippen LogP contribution < -0.4 is 5.32 Å². The molecule has 0 atom stereocenters. The Labute approximate surface area is 151 Å². The van der Waals surface area contributed by atoms with Crippen molar-refractivity contribution in [1.82, 2.24) is 20.0 Å². The molecular weight excluding hydrogens is 310 g/mol. The van der Waals surface area contributed by atoms with Crippen molar-refractivity contribution in [2.24, 2.45) is 12.0 Å². The van der Waals surface area contributed by atoms with E-state index in [4.69, 9.17) is 4.99 Å². The minimum atomic E-state index is 0.758. The number of aromatic nitrogens is 2. The van der Waals surface area contributed by atoms with E-state index in [1.807, 2.05) is 11.7 Å². The summed E-state index contributed by atoms with van der Waals surface area (Å²) in [6.45, 7) is 10.9. The molecule has 1 N–H and O–H groups in total. The van der Waals surface area contributed by atoms with Crippen LogP contribution in [0, 0.1) is 20.8 Å². The van der Waals surface area contributed by atoms with Gasteiger partial charge in [0.15, 0.2) is 5.96 Å². The molecule has 0 amide bonds. The molecular formula is C20H31N5. The maximum Gasteiger partial charge on any atom is 0.193 e. The highest BCUT2D eigenvalue weighted by atomic mass is 15.3. The second-order valence-electron chi connectivity index (χ2n) is 6.60. The third kappa shape index (κ3) is 5.08. The van der Waals surface area contributed by atoms with Gasteiger partial charge >= 0.3 is 0 Å². The zero-order valence-corrected chi connectivity index (χ0v) is 16.4. The smallest absolute Gasteiger partial charge is 0.193 e. The van der Waals surface area contributed by atoms with Gasteiger partial charge in [-0.1, -0.05) is 29.8 Å². The van der Waals surface area contributed by atoms with E-state index in [1.54, 1.807) is 0 Å². The highest BCUT2D eigenvalue weighted by Gasteiger charge is 2.10. The van der Waals surface area contributed by atoms with Gasteiger partial charge < -0.3 is 10.2 Å². The molecule has 5 nitrogen and oxygen atoms in total. The van der Waals surface area contributed by atoms with Crippen molar-refractivity contribution in [3.8, 4) is 0 Å². The first-order chi connectivity index (χ1) is 11.9. The van der Waals surface area contributed by atoms with Gasteiger partial charge in [-0.2, -0.15) is 5.10 Å². The van der Waals surface area contributed by atoms with Crippen molar-refractivity contribution in [1.29, 1.82) is 0 Å². The first kappa shape index (κ1) is 19.0. The van der Waals surface area contributed by atoms with E-state index in [-0.39, 0.29) is 0 Å². The number of benzene rings is 1. The van der Waals surface area contributed by atoms with Crippen LogP contribution in [0.5, 0.6) is 0 Å². The molecule has 0 saturated carbocycles. The third-order valence-electron chi connectivity index (χ3n) is 4.52. The highest BCUT2D eigenvalue weighted by molar-refractivity contribution is 5.79. The Morgan fingerprint density at radius 2 is 1.88 bits per heavy atom. The molecule has 0 aliphatic carbocycles. The molecule has 1 aromatic heterocycles. The van der Waals surface area contributed by atoms with Gasteiger partial charge in [0.1, 0.15) is 0 Å². The predicted molar refractivity (Wildman–Crippen MR) is 105 cm³/mol. The number of hydrogen-bond acceptors (Lipinski definition) is 2. The van der Waals surface area contributed by atoms with E-state index in [1.165, 1.54) is 22.4 Å². The van der Waals surface area contributed by atoms with E-state index >= 15 is 0 Å². The van der Waals surface area contributed by atoms with Gasteiger partial charge in [-0.15, -0.1) is 0 Å². The molecule has 0 radical (unpaired) electrons. The molecule has 0 fully saturated rings. The Hall–Kier alpha value is -2.30. The molecule has 0 spiro atoms. The summed E-state index contributed by atoms with van der Waals surface area (Å²) < 4.78 is 1.95. The fraction of sp³-hybridized carbons (Fsp3) is 0.500. The van der Waals surface area contributed by atoms with Crippen molar-refractivity contribution >= 4 is 5.96 Å². The lowest BCUT2D eigenvalue weighted by Gasteiger charge is -2.22. The summed E-state index contributed by atoms with van der Waals surface area (Å²) in [7, 11) is 4.08. The number of nitrogens with one attached hydrogen (secondary N) is 1. The van der Waals surface area contributed by atoms with Crippen molar-refractivity contribution in [3.05, 3.63) is 52.3 Å². The molecule has 0 aliphatic heterocycles. The summed E-state index contributed by atoms with van der Waals surface area (Å²) in [5.74, 6) is 0.947. The lowest BCUT2D eigenvalue weighted by molar-refractivity contribution is 0.477. The molecule has 0 bridgehead atoms. The number of hydrogen-bond donors (Lipinski definition) is 1. The van der Waals surface area contributed by atoms with Gasteiger partial charge in [0.2, 0.25) is 0 Å². The molecule has 0 unspecified atom stereocenters. The molecule has 1 aromatic carbocycles. The minimum absolute atomic E-state index is 0.758. The van der Waals surface area contributed by atoms with Crippen LogP contribution in [0.25, 0.3) is 0 Å². The van der Waals surface area contributed by atoms with Crippen LogP contribution in [-0.2, 0) is 20.0 Å². The van der Waals surface area contributed by atoms with Crippen molar-refractivity contribution in [2.45, 2.75) is 40.7 Å². The number of nitrogens with zero attached hydrogens (tertiary/aromatic N) is 4. The molecule has 136 valence electrons. The summed E-state index contributed by atoms with van der Waals surface area (Å²) in [4.78, 5) is 6.99. The van der Waals surface area contributed by atoms with Crippen LogP contribution in [0.3, 0.4) is 0 Å². The zero-order chi connectivity index (χ0) is 18.4. The summed E-state index contributed by atoms with van der Waals surface area (Å²) in [5, 5.41) is 7.87. The summed E-state index contributed by atoms with van der Waals surface area (Å²) in [6, 6.07) is 8.66. The summed E-state index contributed by atoms with van der Waals surface area (Å²) in [5.41, 5.74) is 6.22. The Morgan fingerprint density at radius 1 is 1.20 bits per heavy atom. The second-order valence-corrected chi connectivity index (χ2v) is 6.60. The highest BCUT2D eigenvalue weighted by Crippen LogP contribution is 2.12. The Balaban J connectivity index is 2.02. The predicted octanol–water partition coefficient (Wildman–Crippen LogP) is 2.99. The molecule has 2 rings (SSSR count). The Kier molecular flexibility index (Phi) is 6.62. The quantitative estimate of drug-likeness (QED) is 0.649. The van der Waals surface area contributed by atoms with Gasteiger partial charge in [-0.05, 0) is 45.2 Å². The topological polar surface area (TPSA) is 45.5 Å². The van der Waals surface area contributed by atoms with Crippen LogP contribution in [0.15, 0.2) is 29.3 Å². The average Bonchev–Trinajstić information content (AvgIpc) is 2.82. The van der Waals surface area contributed by atoms with Crippen LogP contribution in [0.1, 0.15) is 35.0 Å². The number of guanidine groups is 1. The van der Waals surface area contributed by atoms with Crippen LogP contribution in [-0.4, -0.2) is 40.8 Å². The Morgan fingerprint density at radius 3 is 2.44 bits per heavy atom. The molecule has 5 heteroatoms.